The summed E-state index contributed by atoms with van der Waals surface area (Å²) in [4.78, 5) is 11.3. The second-order valence-electron chi connectivity index (χ2n) is 2.70. The van der Waals surface area contributed by atoms with Gasteiger partial charge < -0.3 is 4.74 Å². The average molecular weight is 290 g/mol. The zero-order valence-electron chi connectivity index (χ0n) is 7.37. The largest absolute Gasteiger partial charge is 0.455 e. The standard InChI is InChI=1S/C10H11IO2/c1-8(10(12)13-7-11)9-5-3-2-4-6-9/h2-6,8H,7H2,1H3. The van der Waals surface area contributed by atoms with Crippen molar-refractivity contribution in [1.82, 2.24) is 0 Å². The van der Waals surface area contributed by atoms with E-state index in [9.17, 15) is 4.79 Å². The minimum Gasteiger partial charge on any atom is -0.455 e. The SMILES string of the molecule is CC(C(=O)OCI)c1ccccc1. The lowest BCUT2D eigenvalue weighted by Gasteiger charge is -2.09. The van der Waals surface area contributed by atoms with E-state index in [2.05, 4.69) is 0 Å². The summed E-state index contributed by atoms with van der Waals surface area (Å²) in [5.41, 5.74) is 0.998. The predicted molar refractivity (Wildman–Crippen MR) is 59.8 cm³/mol. The molecule has 0 saturated heterocycles. The third-order valence-electron chi connectivity index (χ3n) is 1.85. The van der Waals surface area contributed by atoms with Crippen molar-refractivity contribution in [3.05, 3.63) is 35.9 Å². The Morgan fingerprint density at radius 2 is 2.08 bits per heavy atom. The molecule has 0 heterocycles. The number of esters is 1. The molecule has 0 aromatic heterocycles. The first-order valence-electron chi connectivity index (χ1n) is 4.03. The van der Waals surface area contributed by atoms with Gasteiger partial charge >= 0.3 is 5.97 Å². The number of rotatable bonds is 3. The molecule has 3 heteroatoms. The van der Waals surface area contributed by atoms with E-state index in [1.807, 2.05) is 59.8 Å². The second kappa shape index (κ2) is 5.21. The Balaban J connectivity index is 2.68. The van der Waals surface area contributed by atoms with Crippen LogP contribution in [0.15, 0.2) is 30.3 Å². The van der Waals surface area contributed by atoms with E-state index in [0.29, 0.717) is 4.61 Å². The Morgan fingerprint density at radius 1 is 1.46 bits per heavy atom. The summed E-state index contributed by atoms with van der Waals surface area (Å²) in [7, 11) is 0. The number of carbonyl (C=O) groups excluding carboxylic acids is 1. The van der Waals surface area contributed by atoms with Crippen LogP contribution in [-0.2, 0) is 9.53 Å². The molecular weight excluding hydrogens is 279 g/mol. The van der Waals surface area contributed by atoms with Crippen molar-refractivity contribution in [2.24, 2.45) is 0 Å². The smallest absolute Gasteiger partial charge is 0.313 e. The van der Waals surface area contributed by atoms with E-state index < -0.39 is 0 Å². The summed E-state index contributed by atoms with van der Waals surface area (Å²) < 4.78 is 5.32. The maximum absolute atomic E-state index is 11.3. The maximum atomic E-state index is 11.3. The van der Waals surface area contributed by atoms with Crippen LogP contribution in [0.5, 0.6) is 0 Å². The average Bonchev–Trinajstić information content (AvgIpc) is 2.18. The third kappa shape index (κ3) is 2.99. The molecule has 1 aromatic rings. The highest BCUT2D eigenvalue weighted by atomic mass is 127. The maximum Gasteiger partial charge on any atom is 0.313 e. The zero-order chi connectivity index (χ0) is 9.68. The number of hydrogen-bond donors (Lipinski definition) is 0. The van der Waals surface area contributed by atoms with Crippen LogP contribution < -0.4 is 0 Å². The molecule has 1 atom stereocenters. The van der Waals surface area contributed by atoms with Crippen molar-refractivity contribution < 1.29 is 9.53 Å². The first kappa shape index (κ1) is 10.5. The van der Waals surface area contributed by atoms with Crippen LogP contribution in [0.3, 0.4) is 0 Å². The number of carbonyl (C=O) groups is 1. The first-order valence-corrected chi connectivity index (χ1v) is 5.56. The van der Waals surface area contributed by atoms with Gasteiger partial charge in [-0.2, -0.15) is 0 Å². The molecule has 1 unspecified atom stereocenters. The molecule has 70 valence electrons. The summed E-state index contributed by atoms with van der Waals surface area (Å²) in [5, 5.41) is 0. The van der Waals surface area contributed by atoms with Gasteiger partial charge in [0.2, 0.25) is 0 Å². The lowest BCUT2D eigenvalue weighted by Crippen LogP contribution is -2.11. The van der Waals surface area contributed by atoms with E-state index in [1.54, 1.807) is 0 Å². The van der Waals surface area contributed by atoms with Crippen LogP contribution in [0.4, 0.5) is 0 Å². The molecule has 1 aromatic carbocycles. The molecule has 0 amide bonds. The fourth-order valence-electron chi connectivity index (χ4n) is 1.06. The molecule has 0 saturated carbocycles. The molecule has 0 N–H and O–H groups in total. The third-order valence-corrected chi connectivity index (χ3v) is 2.16. The Morgan fingerprint density at radius 3 is 2.62 bits per heavy atom. The fraction of sp³-hybridized carbons (Fsp3) is 0.300. The van der Waals surface area contributed by atoms with Gasteiger partial charge in [0, 0.05) is 0 Å². The van der Waals surface area contributed by atoms with Gasteiger partial charge in [0.05, 0.1) is 5.92 Å². The Kier molecular flexibility index (Phi) is 4.21. The van der Waals surface area contributed by atoms with E-state index in [4.69, 9.17) is 4.74 Å². The first-order chi connectivity index (χ1) is 6.25. The van der Waals surface area contributed by atoms with Crippen LogP contribution in [0.25, 0.3) is 0 Å². The minimum atomic E-state index is -0.170. The van der Waals surface area contributed by atoms with Crippen molar-refractivity contribution in [2.45, 2.75) is 12.8 Å². The lowest BCUT2D eigenvalue weighted by molar-refractivity contribution is -0.142. The topological polar surface area (TPSA) is 26.3 Å². The number of hydrogen-bond acceptors (Lipinski definition) is 2. The number of benzene rings is 1. The van der Waals surface area contributed by atoms with Gasteiger partial charge in [-0.1, -0.05) is 30.3 Å². The van der Waals surface area contributed by atoms with E-state index >= 15 is 0 Å². The highest BCUT2D eigenvalue weighted by Gasteiger charge is 2.15. The molecule has 0 aliphatic rings. The van der Waals surface area contributed by atoms with Crippen LogP contribution >= 0.6 is 22.6 Å². The summed E-state index contributed by atoms with van der Waals surface area (Å²) in [6.07, 6.45) is 0. The van der Waals surface area contributed by atoms with Gasteiger partial charge in [0.1, 0.15) is 4.61 Å². The predicted octanol–water partition coefficient (Wildman–Crippen LogP) is 2.73. The molecule has 1 rings (SSSR count). The summed E-state index contributed by atoms with van der Waals surface area (Å²) >= 11 is 2.01. The zero-order valence-corrected chi connectivity index (χ0v) is 9.52. The van der Waals surface area contributed by atoms with Gasteiger partial charge in [-0.3, -0.25) is 4.79 Å². The van der Waals surface area contributed by atoms with E-state index in [0.717, 1.165) is 5.56 Å². The molecular formula is C10H11IO2. The second-order valence-corrected chi connectivity index (χ2v) is 3.33. The molecule has 0 spiro atoms. The molecule has 0 aliphatic heterocycles. The quantitative estimate of drug-likeness (QED) is 0.486. The Bertz CT molecular complexity index is 272. The summed E-state index contributed by atoms with van der Waals surface area (Å²) in [6.45, 7) is 1.85. The van der Waals surface area contributed by atoms with Crippen LogP contribution in [0.1, 0.15) is 18.4 Å². The van der Waals surface area contributed by atoms with E-state index in [1.165, 1.54) is 0 Å². The van der Waals surface area contributed by atoms with Crippen LogP contribution in [-0.4, -0.2) is 10.6 Å². The van der Waals surface area contributed by atoms with Gasteiger partial charge in [-0.15, -0.1) is 0 Å². The van der Waals surface area contributed by atoms with Crippen molar-refractivity contribution in [1.29, 1.82) is 0 Å². The highest BCUT2D eigenvalue weighted by molar-refractivity contribution is 14.1. The summed E-state index contributed by atoms with van der Waals surface area (Å²) in [5.74, 6) is -0.337. The van der Waals surface area contributed by atoms with Crippen LogP contribution in [0, 0.1) is 0 Å². The van der Waals surface area contributed by atoms with Gasteiger partial charge in [-0.05, 0) is 35.1 Å². The van der Waals surface area contributed by atoms with Crippen molar-refractivity contribution >= 4 is 28.6 Å². The Labute approximate surface area is 91.4 Å². The fourth-order valence-corrected chi connectivity index (χ4v) is 1.36. The summed E-state index contributed by atoms with van der Waals surface area (Å²) in [6, 6.07) is 9.63. The lowest BCUT2D eigenvalue weighted by atomic mass is 10.0. The molecule has 0 fully saturated rings. The minimum absolute atomic E-state index is 0.166. The van der Waals surface area contributed by atoms with Crippen molar-refractivity contribution in [2.75, 3.05) is 4.61 Å². The molecule has 0 radical (unpaired) electrons. The Hall–Kier alpha value is -0.580. The number of halogens is 1. The van der Waals surface area contributed by atoms with Gasteiger partial charge in [0.15, 0.2) is 0 Å². The van der Waals surface area contributed by atoms with Crippen molar-refractivity contribution in [3.63, 3.8) is 0 Å². The number of ether oxygens (including phenoxy) is 1. The monoisotopic (exact) mass is 290 g/mol. The molecule has 2 nitrogen and oxygen atoms in total. The van der Waals surface area contributed by atoms with Crippen molar-refractivity contribution in [3.8, 4) is 0 Å². The molecule has 0 bridgehead atoms. The molecule has 13 heavy (non-hydrogen) atoms. The van der Waals surface area contributed by atoms with Gasteiger partial charge in [0.25, 0.3) is 0 Å². The molecule has 0 aliphatic carbocycles. The van der Waals surface area contributed by atoms with Crippen LogP contribution in [0.2, 0.25) is 0 Å². The number of alkyl halides is 1. The normalized spacial score (nSPS) is 12.2. The van der Waals surface area contributed by atoms with E-state index in [-0.39, 0.29) is 11.9 Å². The van der Waals surface area contributed by atoms with Gasteiger partial charge in [-0.25, -0.2) is 0 Å². The highest BCUT2D eigenvalue weighted by Crippen LogP contribution is 2.16.